The van der Waals surface area contributed by atoms with Crippen molar-refractivity contribution < 1.29 is 18.5 Å². The molecule has 6 nitrogen and oxygen atoms in total. The molecule has 1 fully saturated rings. The van der Waals surface area contributed by atoms with Gasteiger partial charge in [0.1, 0.15) is 6.04 Å². The van der Waals surface area contributed by atoms with Crippen LogP contribution in [0.3, 0.4) is 0 Å². The number of nitrogens with zero attached hydrogens (tertiary/aromatic N) is 1. The molecule has 1 aromatic heterocycles. The Morgan fingerprint density at radius 2 is 1.79 bits per heavy atom. The fourth-order valence-electron chi connectivity index (χ4n) is 3.39. The highest BCUT2D eigenvalue weighted by molar-refractivity contribution is 7.89. The van der Waals surface area contributed by atoms with Gasteiger partial charge in [0.05, 0.1) is 9.77 Å². The number of sulfonamides is 1. The summed E-state index contributed by atoms with van der Waals surface area (Å²) in [5, 5.41) is 6.93. The van der Waals surface area contributed by atoms with Gasteiger partial charge in [-0.3, -0.25) is 4.79 Å². The van der Waals surface area contributed by atoms with Gasteiger partial charge in [-0.15, -0.1) is 11.3 Å². The number of carbonyl (C=O) groups excluding carboxylic acids is 1. The number of quaternary nitrogens is 1. The molecular weight excluding hydrogens is 394 g/mol. The van der Waals surface area contributed by atoms with E-state index >= 15 is 0 Å². The number of hydrogen-bond acceptors (Lipinski definition) is 4. The van der Waals surface area contributed by atoms with E-state index < -0.39 is 10.0 Å². The minimum absolute atomic E-state index is 0.102. The molecule has 0 saturated carbocycles. The molecule has 0 radical (unpaired) electrons. The maximum absolute atomic E-state index is 12.7. The lowest BCUT2D eigenvalue weighted by atomic mass is 10.2. The van der Waals surface area contributed by atoms with Crippen LogP contribution in [-0.2, 0) is 14.8 Å². The second-order valence-electron chi connectivity index (χ2n) is 7.26. The smallest absolute Gasteiger partial charge is 0.282 e. The fraction of sp³-hybridized carbons (Fsp3) is 0.450. The summed E-state index contributed by atoms with van der Waals surface area (Å²) in [6, 6.07) is 10.5. The van der Waals surface area contributed by atoms with Crippen molar-refractivity contribution in [2.24, 2.45) is 0 Å². The number of thiophene rings is 1. The van der Waals surface area contributed by atoms with Crippen molar-refractivity contribution in [2.45, 2.75) is 50.1 Å². The Morgan fingerprint density at radius 3 is 2.39 bits per heavy atom. The summed E-state index contributed by atoms with van der Waals surface area (Å²) in [6.07, 6.45) is 2.90. The van der Waals surface area contributed by atoms with Crippen molar-refractivity contribution in [3.8, 4) is 0 Å². The lowest BCUT2D eigenvalue weighted by molar-refractivity contribution is -0.709. The van der Waals surface area contributed by atoms with E-state index in [1.807, 2.05) is 23.7 Å². The highest BCUT2D eigenvalue weighted by atomic mass is 32.2. The summed E-state index contributed by atoms with van der Waals surface area (Å²) in [5.74, 6) is -0.102. The molecular formula is C20H28N3O3S2+. The highest BCUT2D eigenvalue weighted by Gasteiger charge is 2.26. The van der Waals surface area contributed by atoms with Gasteiger partial charge in [-0.2, -0.15) is 4.31 Å². The molecule has 2 aromatic rings. The van der Waals surface area contributed by atoms with Crippen molar-refractivity contribution in [1.29, 1.82) is 0 Å². The fourth-order valence-corrected chi connectivity index (χ4v) is 5.67. The van der Waals surface area contributed by atoms with Crippen LogP contribution in [0.1, 0.15) is 44.0 Å². The quantitative estimate of drug-likeness (QED) is 0.719. The van der Waals surface area contributed by atoms with Gasteiger partial charge in [-0.25, -0.2) is 8.42 Å². The van der Waals surface area contributed by atoms with Gasteiger partial charge in [-0.1, -0.05) is 12.5 Å². The summed E-state index contributed by atoms with van der Waals surface area (Å²) in [7, 11) is -3.45. The molecule has 8 heteroatoms. The third kappa shape index (κ3) is 5.00. The summed E-state index contributed by atoms with van der Waals surface area (Å²) >= 11 is 1.68. The number of anilines is 1. The highest BCUT2D eigenvalue weighted by Crippen LogP contribution is 2.22. The molecule has 2 atom stereocenters. The van der Waals surface area contributed by atoms with E-state index in [-0.39, 0.29) is 22.9 Å². The van der Waals surface area contributed by atoms with Crippen molar-refractivity contribution in [2.75, 3.05) is 18.4 Å². The molecule has 1 aliphatic rings. The van der Waals surface area contributed by atoms with E-state index in [1.165, 1.54) is 4.88 Å². The zero-order valence-corrected chi connectivity index (χ0v) is 17.9. The molecule has 1 saturated heterocycles. The maximum atomic E-state index is 12.7. The molecule has 0 bridgehead atoms. The van der Waals surface area contributed by atoms with Gasteiger partial charge in [0.15, 0.2) is 6.04 Å². The predicted octanol–water partition coefficient (Wildman–Crippen LogP) is 2.57. The van der Waals surface area contributed by atoms with Crippen LogP contribution in [0.4, 0.5) is 5.69 Å². The van der Waals surface area contributed by atoms with E-state index in [2.05, 4.69) is 18.3 Å². The van der Waals surface area contributed by atoms with E-state index in [1.54, 1.807) is 39.9 Å². The third-order valence-electron chi connectivity index (χ3n) is 5.06. The average Bonchev–Trinajstić information content (AvgIpc) is 3.24. The van der Waals surface area contributed by atoms with Crippen LogP contribution in [0.25, 0.3) is 0 Å². The number of nitrogens with one attached hydrogen (secondary N) is 1. The summed E-state index contributed by atoms with van der Waals surface area (Å²) < 4.78 is 26.9. The van der Waals surface area contributed by atoms with E-state index in [0.29, 0.717) is 18.8 Å². The number of nitrogens with two attached hydrogens (primary N) is 1. The van der Waals surface area contributed by atoms with E-state index in [4.69, 9.17) is 0 Å². The number of carbonyl (C=O) groups is 1. The Balaban J connectivity index is 1.59. The number of hydrogen-bond donors (Lipinski definition) is 2. The van der Waals surface area contributed by atoms with Crippen LogP contribution >= 0.6 is 11.3 Å². The Morgan fingerprint density at radius 1 is 1.11 bits per heavy atom. The first-order valence-corrected chi connectivity index (χ1v) is 12.0. The normalized spacial score (nSPS) is 17.8. The Kier molecular flexibility index (Phi) is 6.87. The van der Waals surface area contributed by atoms with Gasteiger partial charge in [-0.05, 0) is 62.4 Å². The molecule has 1 aromatic carbocycles. The van der Waals surface area contributed by atoms with Gasteiger partial charge in [0.25, 0.3) is 5.91 Å². The Bertz CT molecular complexity index is 874. The molecule has 2 heterocycles. The zero-order chi connectivity index (χ0) is 20.1. The van der Waals surface area contributed by atoms with E-state index in [9.17, 15) is 13.2 Å². The van der Waals surface area contributed by atoms with Crippen LogP contribution in [-0.4, -0.2) is 37.8 Å². The van der Waals surface area contributed by atoms with Crippen LogP contribution in [0.5, 0.6) is 0 Å². The first-order chi connectivity index (χ1) is 13.4. The lowest BCUT2D eigenvalue weighted by Crippen LogP contribution is -2.91. The van der Waals surface area contributed by atoms with Crippen LogP contribution in [0, 0.1) is 0 Å². The minimum Gasteiger partial charge on any atom is -0.330 e. The number of piperidine rings is 1. The summed E-state index contributed by atoms with van der Waals surface area (Å²) in [5.41, 5.74) is 0.603. The Labute approximate surface area is 171 Å². The van der Waals surface area contributed by atoms with E-state index in [0.717, 1.165) is 19.3 Å². The van der Waals surface area contributed by atoms with Crippen molar-refractivity contribution in [3.63, 3.8) is 0 Å². The molecule has 0 spiro atoms. The molecule has 3 N–H and O–H groups in total. The third-order valence-corrected chi connectivity index (χ3v) is 8.04. The molecule has 0 aliphatic carbocycles. The maximum Gasteiger partial charge on any atom is 0.282 e. The number of benzene rings is 1. The topological polar surface area (TPSA) is 83.1 Å². The number of amides is 1. The van der Waals surface area contributed by atoms with Crippen LogP contribution in [0.15, 0.2) is 46.7 Å². The second-order valence-corrected chi connectivity index (χ2v) is 10.2. The second kappa shape index (κ2) is 9.17. The first-order valence-electron chi connectivity index (χ1n) is 9.67. The molecule has 1 amide bonds. The van der Waals surface area contributed by atoms with Crippen LogP contribution < -0.4 is 10.6 Å². The van der Waals surface area contributed by atoms with Crippen molar-refractivity contribution in [1.82, 2.24) is 4.31 Å². The molecule has 152 valence electrons. The molecule has 3 rings (SSSR count). The van der Waals surface area contributed by atoms with Crippen LogP contribution in [0.2, 0.25) is 0 Å². The zero-order valence-electron chi connectivity index (χ0n) is 16.3. The number of rotatable bonds is 7. The SMILES string of the molecule is C[C@H]([NH2+][C@H](C)c1cccs1)C(=O)Nc1ccc(S(=O)(=O)N2CCCCC2)cc1. The Hall–Kier alpha value is -1.74. The monoisotopic (exact) mass is 422 g/mol. The largest absolute Gasteiger partial charge is 0.330 e. The summed E-state index contributed by atoms with van der Waals surface area (Å²) in [6.45, 7) is 5.11. The summed E-state index contributed by atoms with van der Waals surface area (Å²) in [4.78, 5) is 14.0. The lowest BCUT2D eigenvalue weighted by Gasteiger charge is -2.25. The standard InChI is InChI=1S/C20H27N3O3S2/c1-15(19-7-6-14-27-19)21-16(2)20(24)22-17-8-10-18(11-9-17)28(25,26)23-12-4-3-5-13-23/h6-11,14-16,21H,3-5,12-13H2,1-2H3,(H,22,24)/p+1/t15-,16+/m1/s1. The molecule has 1 aliphatic heterocycles. The predicted molar refractivity (Wildman–Crippen MR) is 112 cm³/mol. The van der Waals surface area contributed by atoms with Crippen molar-refractivity contribution in [3.05, 3.63) is 46.7 Å². The van der Waals surface area contributed by atoms with Gasteiger partial charge < -0.3 is 10.6 Å². The molecule has 28 heavy (non-hydrogen) atoms. The van der Waals surface area contributed by atoms with Gasteiger partial charge in [0.2, 0.25) is 10.0 Å². The minimum atomic E-state index is -3.45. The average molecular weight is 423 g/mol. The van der Waals surface area contributed by atoms with Gasteiger partial charge >= 0.3 is 0 Å². The first kappa shape index (κ1) is 21.0. The molecule has 0 unspecified atom stereocenters. The van der Waals surface area contributed by atoms with Gasteiger partial charge in [0, 0.05) is 18.8 Å². The van der Waals surface area contributed by atoms with Crippen molar-refractivity contribution >= 4 is 33.0 Å².